The molecule has 0 unspecified atom stereocenters. The minimum absolute atomic E-state index is 0.00629. The Morgan fingerprint density at radius 1 is 0.868 bits per heavy atom. The number of rotatable bonds is 13. The van der Waals surface area contributed by atoms with Crippen molar-refractivity contribution in [2.24, 2.45) is 0 Å². The fourth-order valence-corrected chi connectivity index (χ4v) is 5.44. The molecule has 0 spiro atoms. The summed E-state index contributed by atoms with van der Waals surface area (Å²) in [4.78, 5) is 44.7. The van der Waals surface area contributed by atoms with E-state index in [1.54, 1.807) is 12.1 Å². The summed E-state index contributed by atoms with van der Waals surface area (Å²) in [6, 6.07) is 8.83. The molecule has 1 aliphatic heterocycles. The molecule has 12 nitrogen and oxygen atoms in total. The fourth-order valence-electron chi connectivity index (χ4n) is 5.44. The second-order valence-corrected chi connectivity index (χ2v) is 12.1. The third kappa shape index (κ3) is 15.9. The van der Waals surface area contributed by atoms with Gasteiger partial charge < -0.3 is 40.9 Å². The number of aliphatic carboxylic acids is 2. The van der Waals surface area contributed by atoms with Crippen molar-refractivity contribution >= 4 is 29.4 Å². The van der Waals surface area contributed by atoms with E-state index >= 15 is 0 Å². The first-order valence-corrected chi connectivity index (χ1v) is 16.6. The van der Waals surface area contributed by atoms with Gasteiger partial charge in [0, 0.05) is 32.1 Å². The predicted octanol–water partition coefficient (Wildman–Crippen LogP) is 4.95. The number of carbonyl (C=O) groups excluding carboxylic acids is 2. The van der Waals surface area contributed by atoms with Crippen LogP contribution in [0, 0.1) is 12.7 Å². The van der Waals surface area contributed by atoms with E-state index < -0.39 is 24.3 Å². The lowest BCUT2D eigenvalue weighted by Crippen LogP contribution is -2.45. The van der Waals surface area contributed by atoms with Crippen molar-refractivity contribution in [3.05, 3.63) is 52.8 Å². The lowest BCUT2D eigenvalue weighted by Gasteiger charge is -2.34. The van der Waals surface area contributed by atoms with Crippen LogP contribution in [0.2, 0.25) is 0 Å². The maximum absolute atomic E-state index is 14.0. The molecule has 1 saturated carbocycles. The normalized spacial score (nSPS) is 14.3. The molecule has 19 heteroatoms. The molecule has 2 aliphatic rings. The molecule has 4 rings (SSSR count). The number of halogens is 7. The van der Waals surface area contributed by atoms with E-state index in [9.17, 15) is 45.4 Å². The summed E-state index contributed by atoms with van der Waals surface area (Å²) in [7, 11) is 0. The van der Waals surface area contributed by atoms with Crippen molar-refractivity contribution in [3.63, 3.8) is 0 Å². The summed E-state index contributed by atoms with van der Waals surface area (Å²) in [6.45, 7) is 5.11. The smallest absolute Gasteiger partial charge is 0.490 e. The van der Waals surface area contributed by atoms with E-state index in [4.69, 9.17) is 24.5 Å². The number of anilines is 1. The van der Waals surface area contributed by atoms with Gasteiger partial charge in [-0.25, -0.2) is 14.0 Å². The van der Waals surface area contributed by atoms with Crippen LogP contribution >= 0.6 is 0 Å². The quantitative estimate of drug-likeness (QED) is 0.0929. The standard InChI is InChI=1S/C30H41FN4O4.2C2HF3O2/c1-21-7-9-25(31)23(19-21)12-15-32-16-13-28(38)35(24-5-3-2-4-6-24)18-17-33-14-11-22-8-10-26(36)29-30(22)39-20-27(37)34-29;2*3-2(4,5)1(6)7/h7-10,19,24,32-33,36H,2-6,11-18,20H2,1H3,(H,34,37);2*(H,6,7). The molecule has 0 bridgehead atoms. The summed E-state index contributed by atoms with van der Waals surface area (Å²) in [5.74, 6) is -5.30. The molecule has 1 fully saturated rings. The molecule has 1 aliphatic carbocycles. The maximum Gasteiger partial charge on any atom is 0.490 e. The number of ether oxygens (including phenoxy) is 1. The Kier molecular flexibility index (Phi) is 17.8. The molecular formula is C34H43F7N4O8. The molecule has 0 aromatic heterocycles. The van der Waals surface area contributed by atoms with Crippen LogP contribution in [0.15, 0.2) is 30.3 Å². The van der Waals surface area contributed by atoms with Gasteiger partial charge in [0.25, 0.3) is 5.91 Å². The highest BCUT2D eigenvalue weighted by atomic mass is 19.4. The molecule has 2 aromatic carbocycles. The highest BCUT2D eigenvalue weighted by Crippen LogP contribution is 2.39. The van der Waals surface area contributed by atoms with Gasteiger partial charge >= 0.3 is 24.3 Å². The molecular weight excluding hydrogens is 725 g/mol. The van der Waals surface area contributed by atoms with Crippen LogP contribution in [-0.2, 0) is 32.0 Å². The van der Waals surface area contributed by atoms with Gasteiger partial charge in [0.2, 0.25) is 5.91 Å². The fraction of sp³-hybridized carbons (Fsp3) is 0.529. The topological polar surface area (TPSA) is 178 Å². The number of hydrogen-bond donors (Lipinski definition) is 6. The Labute approximate surface area is 300 Å². The predicted molar refractivity (Wildman–Crippen MR) is 177 cm³/mol. The van der Waals surface area contributed by atoms with Crippen LogP contribution in [0.25, 0.3) is 0 Å². The first kappa shape index (κ1) is 44.5. The third-order valence-electron chi connectivity index (χ3n) is 8.04. The van der Waals surface area contributed by atoms with Crippen molar-refractivity contribution in [2.75, 3.05) is 44.6 Å². The second-order valence-electron chi connectivity index (χ2n) is 12.1. The number of hydrogen-bond acceptors (Lipinski definition) is 8. The van der Waals surface area contributed by atoms with Crippen molar-refractivity contribution < 1.29 is 70.0 Å². The van der Waals surface area contributed by atoms with Gasteiger partial charge in [0.05, 0.1) is 0 Å². The van der Waals surface area contributed by atoms with Gasteiger partial charge in [-0.2, -0.15) is 26.3 Å². The van der Waals surface area contributed by atoms with Gasteiger partial charge in [0.1, 0.15) is 17.3 Å². The van der Waals surface area contributed by atoms with Gasteiger partial charge in [-0.3, -0.25) is 9.59 Å². The van der Waals surface area contributed by atoms with Crippen LogP contribution in [-0.4, -0.2) is 102 Å². The summed E-state index contributed by atoms with van der Waals surface area (Å²) < 4.78 is 83.0. The van der Waals surface area contributed by atoms with Crippen molar-refractivity contribution in [1.29, 1.82) is 0 Å². The Morgan fingerprint density at radius 2 is 1.43 bits per heavy atom. The van der Waals surface area contributed by atoms with Crippen molar-refractivity contribution in [1.82, 2.24) is 15.5 Å². The third-order valence-corrected chi connectivity index (χ3v) is 8.04. The minimum Gasteiger partial charge on any atom is -0.506 e. The number of fused-ring (bicyclic) bond motifs is 1. The largest absolute Gasteiger partial charge is 0.506 e. The number of phenols is 1. The number of carboxylic acids is 2. The van der Waals surface area contributed by atoms with E-state index in [2.05, 4.69) is 20.9 Å². The summed E-state index contributed by atoms with van der Waals surface area (Å²) in [5.41, 5.74) is 2.98. The Hall–Kier alpha value is -4.65. The highest BCUT2D eigenvalue weighted by Gasteiger charge is 2.39. The van der Waals surface area contributed by atoms with E-state index in [1.807, 2.05) is 19.1 Å². The lowest BCUT2D eigenvalue weighted by molar-refractivity contribution is -0.193. The summed E-state index contributed by atoms with van der Waals surface area (Å²) in [6.07, 6.45) is -2.83. The summed E-state index contributed by atoms with van der Waals surface area (Å²) in [5, 5.41) is 33.7. The summed E-state index contributed by atoms with van der Waals surface area (Å²) >= 11 is 0. The molecule has 0 atom stereocenters. The number of nitrogens with one attached hydrogen (secondary N) is 3. The zero-order chi connectivity index (χ0) is 39.8. The van der Waals surface area contributed by atoms with Gasteiger partial charge in [0.15, 0.2) is 12.4 Å². The lowest BCUT2D eigenvalue weighted by atomic mass is 9.94. The van der Waals surface area contributed by atoms with Gasteiger partial charge in [-0.05, 0) is 69.0 Å². The number of aryl methyl sites for hydroxylation is 1. The molecule has 2 aromatic rings. The Morgan fingerprint density at radius 3 is 2.02 bits per heavy atom. The van der Waals surface area contributed by atoms with Crippen LogP contribution in [0.3, 0.4) is 0 Å². The van der Waals surface area contributed by atoms with E-state index in [-0.39, 0.29) is 36.0 Å². The van der Waals surface area contributed by atoms with Crippen LogP contribution < -0.4 is 20.7 Å². The molecule has 0 radical (unpaired) electrons. The van der Waals surface area contributed by atoms with Crippen LogP contribution in [0.1, 0.15) is 55.2 Å². The monoisotopic (exact) mass is 768 g/mol. The number of alkyl halides is 6. The molecule has 6 N–H and O–H groups in total. The van der Waals surface area contributed by atoms with Crippen molar-refractivity contribution in [2.45, 2.75) is 76.7 Å². The number of phenolic OH excluding ortho intramolecular Hbond substituents is 1. The van der Waals surface area contributed by atoms with Gasteiger partial charge in [-0.1, -0.05) is 43.0 Å². The highest BCUT2D eigenvalue weighted by molar-refractivity contribution is 5.97. The van der Waals surface area contributed by atoms with E-state index in [1.165, 1.54) is 12.5 Å². The molecule has 1 heterocycles. The SMILES string of the molecule is Cc1ccc(F)c(CCNCCC(=O)N(CCNCCc2ccc(O)c3c2OCC(=O)N3)C2CCCCC2)c1.O=C(O)C(F)(F)F.O=C(O)C(F)(F)F. The van der Waals surface area contributed by atoms with E-state index in [0.717, 1.165) is 36.8 Å². The van der Waals surface area contributed by atoms with Crippen LogP contribution in [0.4, 0.5) is 36.4 Å². The number of carbonyl (C=O) groups is 4. The Balaban J connectivity index is 0.000000587. The molecule has 2 amide bonds. The zero-order valence-corrected chi connectivity index (χ0v) is 28.8. The van der Waals surface area contributed by atoms with Gasteiger partial charge in [-0.15, -0.1) is 0 Å². The average molecular weight is 769 g/mol. The Bertz CT molecular complexity index is 1510. The number of carboxylic acid groups (broad SMARTS) is 2. The number of nitrogens with zero attached hydrogens (tertiary/aromatic N) is 1. The second kappa shape index (κ2) is 21.2. The zero-order valence-electron chi connectivity index (χ0n) is 28.8. The number of aromatic hydroxyl groups is 1. The first-order chi connectivity index (χ1) is 24.8. The average Bonchev–Trinajstić information content (AvgIpc) is 3.08. The number of amides is 2. The first-order valence-electron chi connectivity index (χ1n) is 16.6. The maximum atomic E-state index is 14.0. The molecule has 0 saturated heterocycles. The number of benzene rings is 2. The minimum atomic E-state index is -5.08. The molecule has 296 valence electrons. The van der Waals surface area contributed by atoms with Crippen LogP contribution in [0.5, 0.6) is 11.5 Å². The molecule has 53 heavy (non-hydrogen) atoms. The van der Waals surface area contributed by atoms with Crippen molar-refractivity contribution in [3.8, 4) is 11.5 Å². The van der Waals surface area contributed by atoms with E-state index in [0.29, 0.717) is 69.0 Å².